The van der Waals surface area contributed by atoms with E-state index in [4.69, 9.17) is 9.30 Å². The van der Waals surface area contributed by atoms with Gasteiger partial charge in [0.15, 0.2) is 0 Å². The Kier molecular flexibility index (Phi) is 9.27. The van der Waals surface area contributed by atoms with Gasteiger partial charge in [-0.15, -0.1) is 0 Å². The van der Waals surface area contributed by atoms with Crippen LogP contribution in [0.4, 0.5) is 0 Å². The van der Waals surface area contributed by atoms with E-state index in [0.717, 1.165) is 12.0 Å². The third kappa shape index (κ3) is 8.58. The van der Waals surface area contributed by atoms with Gasteiger partial charge in [-0.05, 0) is 17.9 Å². The molecular weight excluding hydrogens is 235 g/mol. The molecular formula is C13H19O3P. The first kappa shape index (κ1) is 15.8. The molecule has 0 saturated heterocycles. The summed E-state index contributed by atoms with van der Waals surface area (Å²) in [7, 11) is 1.72. The predicted octanol–water partition coefficient (Wildman–Crippen LogP) is 3.29. The molecule has 0 fully saturated rings. The molecule has 0 aliphatic carbocycles. The summed E-state index contributed by atoms with van der Waals surface area (Å²) in [6.07, 6.45) is 1.31. The summed E-state index contributed by atoms with van der Waals surface area (Å²) in [6.45, 7) is 4.76. The molecule has 4 heteroatoms. The van der Waals surface area contributed by atoms with E-state index >= 15 is 0 Å². The fourth-order valence-corrected chi connectivity index (χ4v) is 1.22. The molecule has 3 nitrogen and oxygen atoms in total. The van der Waals surface area contributed by atoms with Gasteiger partial charge in [0.2, 0.25) is 0 Å². The molecule has 0 aromatic heterocycles. The predicted molar refractivity (Wildman–Crippen MR) is 69.6 cm³/mol. The maximum absolute atomic E-state index is 11.4. The first-order valence-corrected chi connectivity index (χ1v) is 5.99. The van der Waals surface area contributed by atoms with E-state index < -0.39 is 0 Å². The molecule has 1 aromatic carbocycles. The molecule has 0 aliphatic rings. The number of ether oxygens (including phenoxy) is 1. The zero-order valence-corrected chi connectivity index (χ0v) is 11.3. The van der Waals surface area contributed by atoms with Gasteiger partial charge >= 0.3 is 5.97 Å². The van der Waals surface area contributed by atoms with Crippen molar-refractivity contribution < 1.29 is 14.1 Å². The lowest BCUT2D eigenvalue weighted by atomic mass is 10.1. The SMILES string of the molecule is CC(C)CCOC(=O)Cc1ccccc1.O=P. The molecule has 0 radical (unpaired) electrons. The Morgan fingerprint density at radius 3 is 2.35 bits per heavy atom. The standard InChI is InChI=1S/C13H18O2.HOP/c1-11(2)8-9-15-13(14)10-12-6-4-3-5-7-12;1-2/h3-7,11H,8-10H2,1-2H3;2H. The van der Waals surface area contributed by atoms with Crippen LogP contribution in [0.15, 0.2) is 30.3 Å². The minimum absolute atomic E-state index is 0.137. The summed E-state index contributed by atoms with van der Waals surface area (Å²) < 4.78 is 13.2. The Morgan fingerprint density at radius 2 is 1.82 bits per heavy atom. The minimum Gasteiger partial charge on any atom is -0.465 e. The van der Waals surface area contributed by atoms with Gasteiger partial charge in [0.25, 0.3) is 0 Å². The third-order valence-corrected chi connectivity index (χ3v) is 2.15. The molecule has 0 heterocycles. The third-order valence-electron chi connectivity index (χ3n) is 2.15. The topological polar surface area (TPSA) is 43.4 Å². The number of carbonyl (C=O) groups excluding carboxylic acids is 1. The molecule has 1 aromatic rings. The molecule has 0 unspecified atom stereocenters. The van der Waals surface area contributed by atoms with E-state index in [0.29, 0.717) is 18.9 Å². The average molecular weight is 254 g/mol. The van der Waals surface area contributed by atoms with Crippen LogP contribution in [0, 0.1) is 5.92 Å². The molecule has 0 N–H and O–H groups in total. The number of benzene rings is 1. The lowest BCUT2D eigenvalue weighted by Gasteiger charge is -2.06. The van der Waals surface area contributed by atoms with Crippen molar-refractivity contribution >= 4 is 15.1 Å². The van der Waals surface area contributed by atoms with Gasteiger partial charge in [-0.3, -0.25) is 9.36 Å². The second-order valence-corrected chi connectivity index (χ2v) is 4.07. The van der Waals surface area contributed by atoms with Gasteiger partial charge in [-0.25, -0.2) is 0 Å². The molecule has 0 bridgehead atoms. The number of rotatable bonds is 5. The maximum atomic E-state index is 11.4. The van der Waals surface area contributed by atoms with Crippen LogP contribution in [-0.4, -0.2) is 12.6 Å². The smallest absolute Gasteiger partial charge is 0.310 e. The number of esters is 1. The van der Waals surface area contributed by atoms with Crippen LogP contribution in [0.2, 0.25) is 0 Å². The number of carbonyl (C=O) groups is 1. The summed E-state index contributed by atoms with van der Waals surface area (Å²) in [6, 6.07) is 9.66. The summed E-state index contributed by atoms with van der Waals surface area (Å²) in [5, 5.41) is 0. The van der Waals surface area contributed by atoms with E-state index in [1.54, 1.807) is 9.12 Å². The van der Waals surface area contributed by atoms with Crippen LogP contribution in [0.5, 0.6) is 0 Å². The normalized spacial score (nSPS) is 9.35. The molecule has 0 saturated carbocycles. The average Bonchev–Trinajstić information content (AvgIpc) is 2.32. The highest BCUT2D eigenvalue weighted by atomic mass is 31.0. The van der Waals surface area contributed by atoms with E-state index in [2.05, 4.69) is 13.8 Å². The van der Waals surface area contributed by atoms with Gasteiger partial charge in [0.05, 0.1) is 13.0 Å². The second-order valence-electron chi connectivity index (χ2n) is 4.07. The summed E-state index contributed by atoms with van der Waals surface area (Å²) >= 11 is 0. The van der Waals surface area contributed by atoms with E-state index in [1.807, 2.05) is 30.3 Å². The van der Waals surface area contributed by atoms with Gasteiger partial charge < -0.3 is 4.74 Å². The Morgan fingerprint density at radius 1 is 1.24 bits per heavy atom. The van der Waals surface area contributed by atoms with Gasteiger partial charge in [0, 0.05) is 0 Å². The van der Waals surface area contributed by atoms with Crippen molar-refractivity contribution in [3.05, 3.63) is 35.9 Å². The molecule has 17 heavy (non-hydrogen) atoms. The largest absolute Gasteiger partial charge is 0.465 e. The second kappa shape index (κ2) is 9.98. The van der Waals surface area contributed by atoms with Crippen molar-refractivity contribution in [1.82, 2.24) is 0 Å². The van der Waals surface area contributed by atoms with Crippen LogP contribution in [0.1, 0.15) is 25.8 Å². The zero-order valence-electron chi connectivity index (χ0n) is 10.3. The zero-order chi connectivity index (χ0) is 13.1. The maximum Gasteiger partial charge on any atom is 0.310 e. The molecule has 1 rings (SSSR count). The van der Waals surface area contributed by atoms with Crippen molar-refractivity contribution in [3.63, 3.8) is 0 Å². The molecule has 0 amide bonds. The van der Waals surface area contributed by atoms with Gasteiger partial charge in [-0.1, -0.05) is 44.2 Å². The van der Waals surface area contributed by atoms with Crippen LogP contribution >= 0.6 is 9.12 Å². The molecule has 0 spiro atoms. The Bertz CT molecular complexity index is 312. The molecule has 0 atom stereocenters. The molecule has 0 aliphatic heterocycles. The summed E-state index contributed by atoms with van der Waals surface area (Å²) in [5.41, 5.74) is 1.01. The van der Waals surface area contributed by atoms with Gasteiger partial charge in [-0.2, -0.15) is 0 Å². The van der Waals surface area contributed by atoms with Crippen LogP contribution in [-0.2, 0) is 20.5 Å². The fourth-order valence-electron chi connectivity index (χ4n) is 1.22. The van der Waals surface area contributed by atoms with E-state index in [-0.39, 0.29) is 5.97 Å². The number of hydrogen-bond acceptors (Lipinski definition) is 3. The van der Waals surface area contributed by atoms with Crippen molar-refractivity contribution in [2.45, 2.75) is 26.7 Å². The first-order chi connectivity index (χ1) is 8.18. The summed E-state index contributed by atoms with van der Waals surface area (Å²) in [4.78, 5) is 11.4. The van der Waals surface area contributed by atoms with Gasteiger partial charge in [0.1, 0.15) is 9.12 Å². The lowest BCUT2D eigenvalue weighted by Crippen LogP contribution is -2.10. The first-order valence-electron chi connectivity index (χ1n) is 5.58. The highest BCUT2D eigenvalue weighted by Crippen LogP contribution is 2.03. The lowest BCUT2D eigenvalue weighted by molar-refractivity contribution is -0.143. The van der Waals surface area contributed by atoms with Crippen LogP contribution < -0.4 is 0 Å². The highest BCUT2D eigenvalue weighted by Gasteiger charge is 2.04. The van der Waals surface area contributed by atoms with Crippen LogP contribution in [0.3, 0.4) is 0 Å². The number of hydrogen-bond donors (Lipinski definition) is 0. The highest BCUT2D eigenvalue weighted by molar-refractivity contribution is 7.00. The van der Waals surface area contributed by atoms with Crippen molar-refractivity contribution in [2.24, 2.45) is 5.92 Å². The quantitative estimate of drug-likeness (QED) is 0.598. The minimum atomic E-state index is -0.137. The van der Waals surface area contributed by atoms with Crippen molar-refractivity contribution in [2.75, 3.05) is 6.61 Å². The summed E-state index contributed by atoms with van der Waals surface area (Å²) in [5.74, 6) is 0.441. The Balaban J connectivity index is 0.00000121. The molecule has 94 valence electrons. The Labute approximate surface area is 105 Å². The van der Waals surface area contributed by atoms with Crippen molar-refractivity contribution in [3.8, 4) is 0 Å². The Hall–Kier alpha value is -1.21. The van der Waals surface area contributed by atoms with Crippen LogP contribution in [0.25, 0.3) is 0 Å². The van der Waals surface area contributed by atoms with E-state index in [9.17, 15) is 4.79 Å². The van der Waals surface area contributed by atoms with E-state index in [1.165, 1.54) is 0 Å². The monoisotopic (exact) mass is 254 g/mol. The fraction of sp³-hybridized carbons (Fsp3) is 0.462. The van der Waals surface area contributed by atoms with Crippen molar-refractivity contribution in [1.29, 1.82) is 0 Å².